The van der Waals surface area contributed by atoms with Gasteiger partial charge >= 0.3 is 0 Å². The predicted molar refractivity (Wildman–Crippen MR) is 140 cm³/mol. The number of imidazole rings is 1. The Bertz CT molecular complexity index is 1510. The van der Waals surface area contributed by atoms with E-state index in [1.807, 2.05) is 70.2 Å². The van der Waals surface area contributed by atoms with Gasteiger partial charge in [-0.2, -0.15) is 0 Å². The molecular weight excluding hydrogens is 484 g/mol. The zero-order chi connectivity index (χ0) is 26.1. The minimum Gasteiger partial charge on any atom is -0.494 e. The minimum absolute atomic E-state index is 0.0760. The lowest BCUT2D eigenvalue weighted by atomic mass is 9.87. The number of hydrogen-bond donors (Lipinski definition) is 1. The summed E-state index contributed by atoms with van der Waals surface area (Å²) in [6.45, 7) is 1.33. The van der Waals surface area contributed by atoms with Crippen LogP contribution in [0.3, 0.4) is 0 Å². The van der Waals surface area contributed by atoms with Crippen molar-refractivity contribution in [3.63, 3.8) is 0 Å². The molecule has 0 radical (unpaired) electrons. The van der Waals surface area contributed by atoms with E-state index >= 15 is 0 Å². The summed E-state index contributed by atoms with van der Waals surface area (Å²) in [5.41, 5.74) is 4.30. The summed E-state index contributed by atoms with van der Waals surface area (Å²) in [5, 5.41) is 2.85. The number of benzene rings is 2. The fourth-order valence-electron chi connectivity index (χ4n) is 5.15. The number of nitrogens with one attached hydrogen (secondary N) is 1. The van der Waals surface area contributed by atoms with E-state index in [4.69, 9.17) is 14.2 Å². The Hall–Kier alpha value is -4.53. The van der Waals surface area contributed by atoms with Crippen molar-refractivity contribution in [3.05, 3.63) is 89.4 Å². The molecule has 0 spiro atoms. The van der Waals surface area contributed by atoms with Crippen LogP contribution in [0.25, 0.3) is 5.65 Å². The van der Waals surface area contributed by atoms with E-state index in [2.05, 4.69) is 10.3 Å². The Labute approximate surface area is 219 Å². The maximum absolute atomic E-state index is 14.0. The molecule has 1 unspecified atom stereocenters. The van der Waals surface area contributed by atoms with Crippen LogP contribution in [0, 0.1) is 0 Å². The van der Waals surface area contributed by atoms with Crippen LogP contribution in [-0.2, 0) is 11.2 Å². The third-order valence-corrected chi connectivity index (χ3v) is 6.99. The Kier molecular flexibility index (Phi) is 6.33. The second-order valence-corrected chi connectivity index (χ2v) is 9.38. The average Bonchev–Trinajstić information content (AvgIpc) is 3.42. The maximum Gasteiger partial charge on any atom is 0.257 e. The van der Waals surface area contributed by atoms with Crippen molar-refractivity contribution in [1.29, 1.82) is 0 Å². The van der Waals surface area contributed by atoms with E-state index in [-0.39, 0.29) is 24.5 Å². The third kappa shape index (κ3) is 4.51. The van der Waals surface area contributed by atoms with E-state index < -0.39 is 0 Å². The van der Waals surface area contributed by atoms with E-state index in [9.17, 15) is 9.59 Å². The first-order valence-electron chi connectivity index (χ1n) is 12.7. The molecule has 194 valence electrons. The lowest BCUT2D eigenvalue weighted by Crippen LogP contribution is -2.40. The molecule has 38 heavy (non-hydrogen) atoms. The van der Waals surface area contributed by atoms with Crippen LogP contribution >= 0.6 is 0 Å². The SMILES string of the molecule is COc1cc2c3cc1OCC(=O)NCCCOc1cccc(c1)C2N(C(=O)c1ccc2nccn2c1)CC3. The van der Waals surface area contributed by atoms with Crippen LogP contribution < -0.4 is 19.5 Å². The molecule has 2 amide bonds. The molecule has 0 fully saturated rings. The molecule has 9 heteroatoms. The van der Waals surface area contributed by atoms with Gasteiger partial charge in [0.05, 0.1) is 25.3 Å². The normalized spacial score (nSPS) is 17.4. The Morgan fingerprint density at radius 3 is 2.97 bits per heavy atom. The summed E-state index contributed by atoms with van der Waals surface area (Å²) < 4.78 is 19.4. The molecule has 2 aromatic carbocycles. The number of ether oxygens (including phenoxy) is 3. The summed E-state index contributed by atoms with van der Waals surface area (Å²) in [6.07, 6.45) is 6.65. The minimum atomic E-state index is -0.368. The maximum atomic E-state index is 14.0. The number of aromatic nitrogens is 2. The number of rotatable bonds is 2. The summed E-state index contributed by atoms with van der Waals surface area (Å²) in [5.74, 6) is 1.45. The first-order chi connectivity index (χ1) is 18.6. The summed E-state index contributed by atoms with van der Waals surface area (Å²) in [7, 11) is 1.57. The number of nitrogens with zero attached hydrogens (tertiary/aromatic N) is 3. The van der Waals surface area contributed by atoms with Gasteiger partial charge in [0.2, 0.25) is 0 Å². The van der Waals surface area contributed by atoms with Crippen molar-refractivity contribution < 1.29 is 23.8 Å². The topological polar surface area (TPSA) is 94.4 Å². The van der Waals surface area contributed by atoms with E-state index in [0.717, 1.165) is 22.3 Å². The Morgan fingerprint density at radius 2 is 2.08 bits per heavy atom. The van der Waals surface area contributed by atoms with Crippen LogP contribution in [0.1, 0.15) is 39.5 Å². The second kappa shape index (κ2) is 10.1. The van der Waals surface area contributed by atoms with Crippen molar-refractivity contribution in [2.75, 3.05) is 33.4 Å². The van der Waals surface area contributed by atoms with Gasteiger partial charge in [0, 0.05) is 31.7 Å². The van der Waals surface area contributed by atoms with Gasteiger partial charge in [-0.1, -0.05) is 12.1 Å². The lowest BCUT2D eigenvalue weighted by molar-refractivity contribution is -0.123. The number of amides is 2. The van der Waals surface area contributed by atoms with Crippen molar-refractivity contribution in [2.45, 2.75) is 18.9 Å². The fourth-order valence-corrected chi connectivity index (χ4v) is 5.15. The van der Waals surface area contributed by atoms with Crippen molar-refractivity contribution in [1.82, 2.24) is 19.6 Å². The molecule has 9 nitrogen and oxygen atoms in total. The molecule has 4 aromatic rings. The average molecular weight is 513 g/mol. The monoisotopic (exact) mass is 512 g/mol. The number of carbonyl (C=O) groups is 2. The molecule has 6 bridgehead atoms. The van der Waals surface area contributed by atoms with Crippen molar-refractivity contribution in [3.8, 4) is 17.2 Å². The van der Waals surface area contributed by atoms with Crippen LogP contribution in [0.5, 0.6) is 17.2 Å². The molecular formula is C29H28N4O5. The zero-order valence-corrected chi connectivity index (χ0v) is 21.1. The molecule has 0 saturated heterocycles. The van der Waals surface area contributed by atoms with Crippen LogP contribution in [-0.4, -0.2) is 59.5 Å². The number of fused-ring (bicyclic) bond motifs is 9. The van der Waals surface area contributed by atoms with E-state index in [1.54, 1.807) is 13.3 Å². The van der Waals surface area contributed by atoms with Gasteiger partial charge in [-0.05, 0) is 65.9 Å². The smallest absolute Gasteiger partial charge is 0.257 e. The standard InChI is InChI=1S/C29H28N4O5/c1-36-24-16-23-19-8-11-33(29(35)21-6-7-26-30-10-12-32(26)17-21)28(23)20-4-2-5-22(14-20)37-13-3-9-31-27(34)18-38-25(24)15-19/h2,4-7,10,12,14-17,28H,3,8-9,11,13,18H2,1H3,(H,31,34). The first-order valence-corrected chi connectivity index (χ1v) is 12.7. The highest BCUT2D eigenvalue weighted by atomic mass is 16.5. The molecule has 2 aromatic heterocycles. The molecule has 5 heterocycles. The van der Waals surface area contributed by atoms with Gasteiger partial charge in [-0.25, -0.2) is 4.98 Å². The number of methoxy groups -OCH3 is 1. The summed E-state index contributed by atoms with van der Waals surface area (Å²) >= 11 is 0. The third-order valence-electron chi connectivity index (χ3n) is 6.99. The molecule has 1 atom stereocenters. The van der Waals surface area contributed by atoms with E-state index in [0.29, 0.717) is 55.4 Å². The number of hydrogen-bond acceptors (Lipinski definition) is 6. The fraction of sp³-hybridized carbons (Fsp3) is 0.276. The van der Waals surface area contributed by atoms with Crippen LogP contribution in [0.2, 0.25) is 0 Å². The molecule has 1 N–H and O–H groups in total. The summed E-state index contributed by atoms with van der Waals surface area (Å²) in [6, 6.07) is 15.0. The van der Waals surface area contributed by atoms with Crippen molar-refractivity contribution >= 4 is 17.5 Å². The Morgan fingerprint density at radius 1 is 1.16 bits per heavy atom. The molecule has 0 saturated carbocycles. The number of pyridine rings is 1. The number of carbonyl (C=O) groups excluding carboxylic acids is 2. The Balaban J connectivity index is 1.46. The molecule has 3 aliphatic heterocycles. The zero-order valence-electron chi connectivity index (χ0n) is 21.1. The van der Waals surface area contributed by atoms with Gasteiger partial charge in [0.15, 0.2) is 18.1 Å². The molecule has 0 aliphatic carbocycles. The first kappa shape index (κ1) is 23.8. The predicted octanol–water partition coefficient (Wildman–Crippen LogP) is 3.41. The van der Waals surface area contributed by atoms with Crippen LogP contribution in [0.4, 0.5) is 0 Å². The lowest BCUT2D eigenvalue weighted by Gasteiger charge is -2.38. The second-order valence-electron chi connectivity index (χ2n) is 9.38. The highest BCUT2D eigenvalue weighted by molar-refractivity contribution is 5.95. The van der Waals surface area contributed by atoms with Crippen LogP contribution in [0.15, 0.2) is 67.1 Å². The van der Waals surface area contributed by atoms with Gasteiger partial charge in [0.1, 0.15) is 11.4 Å². The largest absolute Gasteiger partial charge is 0.494 e. The quantitative estimate of drug-likeness (QED) is 0.443. The summed E-state index contributed by atoms with van der Waals surface area (Å²) in [4.78, 5) is 32.5. The molecule has 7 rings (SSSR count). The highest BCUT2D eigenvalue weighted by Crippen LogP contribution is 2.42. The van der Waals surface area contributed by atoms with E-state index in [1.165, 1.54) is 0 Å². The van der Waals surface area contributed by atoms with Gasteiger partial charge in [-0.3, -0.25) is 9.59 Å². The molecule has 3 aliphatic rings. The van der Waals surface area contributed by atoms with Gasteiger partial charge < -0.3 is 28.8 Å². The van der Waals surface area contributed by atoms with Gasteiger partial charge in [-0.15, -0.1) is 0 Å². The van der Waals surface area contributed by atoms with Gasteiger partial charge in [0.25, 0.3) is 11.8 Å². The highest BCUT2D eigenvalue weighted by Gasteiger charge is 2.34. The van der Waals surface area contributed by atoms with Crippen molar-refractivity contribution in [2.24, 2.45) is 0 Å².